The predicted molar refractivity (Wildman–Crippen MR) is 111 cm³/mol. The molecule has 3 aromatic rings. The number of hydrogen-bond donors (Lipinski definition) is 3. The molecule has 0 fully saturated rings. The minimum Gasteiger partial charge on any atom is -0.508 e. The van der Waals surface area contributed by atoms with Crippen LogP contribution >= 0.6 is 11.8 Å². The van der Waals surface area contributed by atoms with Gasteiger partial charge in [0.05, 0.1) is 14.7 Å². The van der Waals surface area contributed by atoms with Gasteiger partial charge in [0.2, 0.25) is 10.0 Å². The molecule has 154 valence electrons. The molecule has 4 rings (SSSR count). The average Bonchev–Trinajstić information content (AvgIpc) is 2.72. The number of fused-ring (bicyclic) bond motifs is 2. The number of aliphatic carboxylic acids is 1. The molecule has 1 aliphatic heterocycles. The maximum atomic E-state index is 12.9. The zero-order valence-electron chi connectivity index (χ0n) is 15.5. The van der Waals surface area contributed by atoms with E-state index < -0.39 is 22.0 Å². The molecule has 9 heteroatoms. The minimum atomic E-state index is -4.09. The summed E-state index contributed by atoms with van der Waals surface area (Å²) in [4.78, 5) is 13.1. The van der Waals surface area contributed by atoms with Gasteiger partial charge in [0.1, 0.15) is 23.3 Å². The molecule has 0 saturated heterocycles. The molecule has 0 radical (unpaired) electrons. The summed E-state index contributed by atoms with van der Waals surface area (Å²) in [6.07, 6.45) is -0.0645. The fourth-order valence-corrected chi connectivity index (χ4v) is 5.26. The van der Waals surface area contributed by atoms with E-state index in [2.05, 4.69) is 4.72 Å². The van der Waals surface area contributed by atoms with Crippen LogP contribution < -0.4 is 9.46 Å². The lowest BCUT2D eigenvalue weighted by atomic mass is 10.1. The fraction of sp³-hybridized carbons (Fsp3) is 0.0952. The van der Waals surface area contributed by atoms with Crippen molar-refractivity contribution in [1.29, 1.82) is 0 Å². The van der Waals surface area contributed by atoms with Crippen LogP contribution in [0.15, 0.2) is 81.4 Å². The average molecular weight is 444 g/mol. The van der Waals surface area contributed by atoms with Crippen molar-refractivity contribution in [2.45, 2.75) is 27.1 Å². The van der Waals surface area contributed by atoms with Crippen molar-refractivity contribution in [3.05, 3.63) is 72.3 Å². The maximum Gasteiger partial charge on any atom is 0.322 e. The summed E-state index contributed by atoms with van der Waals surface area (Å²) < 4.78 is 33.8. The van der Waals surface area contributed by atoms with E-state index >= 15 is 0 Å². The molecule has 1 aliphatic rings. The number of carboxylic acids is 1. The number of phenols is 1. The summed E-state index contributed by atoms with van der Waals surface area (Å²) in [5.41, 5.74) is 0.578. The van der Waals surface area contributed by atoms with Crippen LogP contribution in [0.3, 0.4) is 0 Å². The summed E-state index contributed by atoms with van der Waals surface area (Å²) in [7, 11) is -4.09. The van der Waals surface area contributed by atoms with E-state index in [4.69, 9.17) is 4.74 Å². The lowest BCUT2D eigenvalue weighted by Crippen LogP contribution is -2.42. The zero-order valence-corrected chi connectivity index (χ0v) is 17.1. The van der Waals surface area contributed by atoms with Crippen molar-refractivity contribution < 1.29 is 28.2 Å². The third-order valence-electron chi connectivity index (χ3n) is 4.49. The van der Waals surface area contributed by atoms with Gasteiger partial charge in [0, 0.05) is 0 Å². The number of hydrogen-bond acceptors (Lipinski definition) is 6. The van der Waals surface area contributed by atoms with Crippen LogP contribution in [0.5, 0.6) is 17.2 Å². The lowest BCUT2D eigenvalue weighted by Gasteiger charge is -2.20. The Balaban J connectivity index is 1.57. The van der Waals surface area contributed by atoms with Crippen molar-refractivity contribution in [3.63, 3.8) is 0 Å². The number of para-hydroxylation sites is 1. The van der Waals surface area contributed by atoms with Crippen LogP contribution in [0.1, 0.15) is 5.56 Å². The van der Waals surface area contributed by atoms with Crippen LogP contribution in [0, 0.1) is 0 Å². The van der Waals surface area contributed by atoms with Crippen molar-refractivity contribution in [2.24, 2.45) is 0 Å². The smallest absolute Gasteiger partial charge is 0.322 e. The third kappa shape index (κ3) is 4.28. The minimum absolute atomic E-state index is 0.0431. The van der Waals surface area contributed by atoms with Crippen molar-refractivity contribution in [3.8, 4) is 17.2 Å². The summed E-state index contributed by atoms with van der Waals surface area (Å²) in [6, 6.07) is 16.4. The molecule has 0 bridgehead atoms. The van der Waals surface area contributed by atoms with Gasteiger partial charge in [-0.1, -0.05) is 36.0 Å². The van der Waals surface area contributed by atoms with Crippen LogP contribution in [-0.2, 0) is 21.2 Å². The molecule has 0 amide bonds. The van der Waals surface area contributed by atoms with Gasteiger partial charge in [-0.2, -0.15) is 4.72 Å². The molecule has 7 nitrogen and oxygen atoms in total. The Hall–Kier alpha value is -3.01. The Morgan fingerprint density at radius 3 is 2.43 bits per heavy atom. The van der Waals surface area contributed by atoms with Gasteiger partial charge in [-0.3, -0.25) is 4.79 Å². The van der Waals surface area contributed by atoms with E-state index in [1.807, 2.05) is 24.3 Å². The second-order valence-corrected chi connectivity index (χ2v) is 9.44. The number of carboxylic acid groups (broad SMARTS) is 1. The highest BCUT2D eigenvalue weighted by Crippen LogP contribution is 2.47. The summed E-state index contributed by atoms with van der Waals surface area (Å²) in [5, 5.41) is 18.9. The van der Waals surface area contributed by atoms with Gasteiger partial charge in [0.25, 0.3) is 0 Å². The Kier molecular flexibility index (Phi) is 5.42. The summed E-state index contributed by atoms with van der Waals surface area (Å²) in [5.74, 6) is -0.0158. The first kappa shape index (κ1) is 20.3. The molecule has 0 aliphatic carbocycles. The predicted octanol–water partition coefficient (Wildman–Crippen LogP) is 3.62. The molecule has 0 spiro atoms. The molecule has 1 atom stereocenters. The second kappa shape index (κ2) is 8.02. The van der Waals surface area contributed by atoms with Crippen LogP contribution in [0.2, 0.25) is 0 Å². The maximum absolute atomic E-state index is 12.9. The number of benzene rings is 3. The van der Waals surface area contributed by atoms with Crippen LogP contribution in [0.4, 0.5) is 0 Å². The van der Waals surface area contributed by atoms with Gasteiger partial charge in [-0.15, -0.1) is 0 Å². The van der Waals surface area contributed by atoms with E-state index in [1.165, 1.54) is 36.0 Å². The van der Waals surface area contributed by atoms with E-state index in [0.717, 1.165) is 4.90 Å². The first-order valence-corrected chi connectivity index (χ1v) is 11.2. The van der Waals surface area contributed by atoms with Crippen LogP contribution in [-0.4, -0.2) is 30.6 Å². The molecule has 1 heterocycles. The highest BCUT2D eigenvalue weighted by molar-refractivity contribution is 7.99. The highest BCUT2D eigenvalue weighted by atomic mass is 32.2. The third-order valence-corrected chi connectivity index (χ3v) is 7.05. The number of sulfonamides is 1. The Labute approximate surface area is 177 Å². The molecular weight excluding hydrogens is 426 g/mol. The van der Waals surface area contributed by atoms with E-state index in [1.54, 1.807) is 18.2 Å². The Morgan fingerprint density at radius 2 is 1.70 bits per heavy atom. The number of aromatic hydroxyl groups is 1. The highest BCUT2D eigenvalue weighted by Gasteiger charge is 2.27. The molecule has 3 N–H and O–H groups in total. The monoisotopic (exact) mass is 443 g/mol. The molecule has 0 saturated carbocycles. The van der Waals surface area contributed by atoms with E-state index in [0.29, 0.717) is 22.0 Å². The number of carbonyl (C=O) groups is 1. The zero-order chi connectivity index (χ0) is 21.3. The van der Waals surface area contributed by atoms with Crippen molar-refractivity contribution >= 4 is 27.8 Å². The SMILES string of the molecule is O=C(O)C(Cc1ccc(O)cc1)NS(=O)(=O)c1ccc2c(c1)Sc1ccccc1O2. The fourth-order valence-electron chi connectivity index (χ4n) is 2.98. The standard InChI is InChI=1S/C21H17NO6S2/c23-14-7-5-13(6-8-14)11-16(21(24)25)22-30(26,27)15-9-10-18-20(12-15)29-19-4-2-1-3-17(19)28-18/h1-10,12,16,22-23H,11H2,(H,24,25). The number of phenolic OH excluding ortho intramolecular Hbond substituents is 1. The van der Waals surface area contributed by atoms with Gasteiger partial charge in [0.15, 0.2) is 0 Å². The van der Waals surface area contributed by atoms with E-state index in [9.17, 15) is 23.4 Å². The number of rotatable bonds is 6. The number of ether oxygens (including phenoxy) is 1. The second-order valence-electron chi connectivity index (χ2n) is 6.64. The van der Waals surface area contributed by atoms with Gasteiger partial charge < -0.3 is 14.9 Å². The summed E-state index contributed by atoms with van der Waals surface area (Å²) in [6.45, 7) is 0. The normalized spacial score (nSPS) is 13.6. The molecule has 3 aromatic carbocycles. The lowest BCUT2D eigenvalue weighted by molar-refractivity contribution is -0.138. The quantitative estimate of drug-likeness (QED) is 0.417. The van der Waals surface area contributed by atoms with Crippen LogP contribution in [0.25, 0.3) is 0 Å². The topological polar surface area (TPSA) is 113 Å². The Morgan fingerprint density at radius 1 is 1.00 bits per heavy atom. The Bertz CT molecular complexity index is 1210. The molecule has 30 heavy (non-hydrogen) atoms. The van der Waals surface area contributed by atoms with Crippen molar-refractivity contribution in [1.82, 2.24) is 4.72 Å². The van der Waals surface area contributed by atoms with Gasteiger partial charge >= 0.3 is 5.97 Å². The first-order chi connectivity index (χ1) is 14.3. The molecule has 0 aromatic heterocycles. The van der Waals surface area contributed by atoms with Gasteiger partial charge in [-0.25, -0.2) is 8.42 Å². The number of nitrogens with one attached hydrogen (secondary N) is 1. The van der Waals surface area contributed by atoms with Crippen molar-refractivity contribution in [2.75, 3.05) is 0 Å². The largest absolute Gasteiger partial charge is 0.508 e. The summed E-state index contributed by atoms with van der Waals surface area (Å²) >= 11 is 1.38. The molecular formula is C21H17NO6S2. The first-order valence-electron chi connectivity index (χ1n) is 8.94. The van der Waals surface area contributed by atoms with Gasteiger partial charge in [-0.05, 0) is 54.4 Å². The molecule has 1 unspecified atom stereocenters. The van der Waals surface area contributed by atoms with E-state index in [-0.39, 0.29) is 17.1 Å².